The highest BCUT2D eigenvalue weighted by molar-refractivity contribution is 6.33. The van der Waals surface area contributed by atoms with E-state index in [9.17, 15) is 4.79 Å². The van der Waals surface area contributed by atoms with Gasteiger partial charge in [-0.3, -0.25) is 4.79 Å². The van der Waals surface area contributed by atoms with Crippen LogP contribution in [0.5, 0.6) is 0 Å². The van der Waals surface area contributed by atoms with Crippen molar-refractivity contribution in [2.75, 3.05) is 7.11 Å². The minimum absolute atomic E-state index is 0.00849. The number of benzene rings is 1. The van der Waals surface area contributed by atoms with Gasteiger partial charge >= 0.3 is 0 Å². The predicted molar refractivity (Wildman–Crippen MR) is 75.4 cm³/mol. The summed E-state index contributed by atoms with van der Waals surface area (Å²) in [5, 5.41) is 1.13. The van der Waals surface area contributed by atoms with Gasteiger partial charge in [-0.05, 0) is 29.2 Å². The number of ether oxygens (including phenoxy) is 1. The van der Waals surface area contributed by atoms with Gasteiger partial charge in [-0.2, -0.15) is 0 Å². The lowest BCUT2D eigenvalue weighted by molar-refractivity contribution is -0.134. The second kappa shape index (κ2) is 6.05. The molecule has 1 atom stereocenters. The summed E-state index contributed by atoms with van der Waals surface area (Å²) in [5.74, 6) is 0.00849. The second-order valence-corrected chi connectivity index (χ2v) is 6.20. The van der Waals surface area contributed by atoms with Crippen molar-refractivity contribution in [1.82, 2.24) is 0 Å². The molecule has 1 unspecified atom stereocenters. The second-order valence-electron chi connectivity index (χ2n) is 5.36. The van der Waals surface area contributed by atoms with Gasteiger partial charge in [0.25, 0.3) is 0 Å². The lowest BCUT2D eigenvalue weighted by atomic mass is 9.84. The Morgan fingerprint density at radius 1 is 1.33 bits per heavy atom. The van der Waals surface area contributed by atoms with E-state index in [0.29, 0.717) is 10.0 Å². The van der Waals surface area contributed by atoms with Crippen LogP contribution < -0.4 is 0 Å². The van der Waals surface area contributed by atoms with Crippen molar-refractivity contribution in [2.45, 2.75) is 33.3 Å². The molecule has 0 aliphatic heterocycles. The molecule has 0 heterocycles. The molecule has 0 bridgehead atoms. The molecular formula is C14H18Cl2O2. The summed E-state index contributed by atoms with van der Waals surface area (Å²) in [6.45, 7) is 5.91. The van der Waals surface area contributed by atoms with Gasteiger partial charge in [0.15, 0.2) is 5.78 Å². The van der Waals surface area contributed by atoms with Gasteiger partial charge in [0.1, 0.15) is 6.10 Å². The third-order valence-electron chi connectivity index (χ3n) is 2.69. The Labute approximate surface area is 118 Å². The smallest absolute Gasteiger partial charge is 0.166 e. The monoisotopic (exact) mass is 288 g/mol. The van der Waals surface area contributed by atoms with Crippen LogP contribution in [-0.2, 0) is 16.0 Å². The van der Waals surface area contributed by atoms with E-state index >= 15 is 0 Å². The van der Waals surface area contributed by atoms with Crippen molar-refractivity contribution in [3.05, 3.63) is 33.8 Å². The number of carbonyl (C=O) groups is 1. The Hall–Kier alpha value is -0.570. The lowest BCUT2D eigenvalue weighted by Crippen LogP contribution is -2.37. The summed E-state index contributed by atoms with van der Waals surface area (Å²) in [6, 6.07) is 5.12. The summed E-state index contributed by atoms with van der Waals surface area (Å²) in [4.78, 5) is 12.2. The van der Waals surface area contributed by atoms with Crippen molar-refractivity contribution in [3.63, 3.8) is 0 Å². The van der Waals surface area contributed by atoms with E-state index in [0.717, 1.165) is 5.56 Å². The third-order valence-corrected chi connectivity index (χ3v) is 3.29. The number of rotatable bonds is 4. The number of carbonyl (C=O) groups excluding carboxylic acids is 1. The minimum Gasteiger partial charge on any atom is -0.373 e. The summed E-state index contributed by atoms with van der Waals surface area (Å²) in [6.07, 6.45) is -0.220. The van der Waals surface area contributed by atoms with Gasteiger partial charge in [-0.15, -0.1) is 0 Å². The standard InChI is InChI=1S/C14H18Cl2O2/c1-14(2,3)13(18-4)12(17)8-9-7-10(15)5-6-11(9)16/h5-7,13H,8H2,1-4H3. The van der Waals surface area contributed by atoms with E-state index in [1.807, 2.05) is 20.8 Å². The Morgan fingerprint density at radius 3 is 2.44 bits per heavy atom. The molecule has 2 nitrogen and oxygen atoms in total. The molecule has 4 heteroatoms. The molecule has 0 N–H and O–H groups in total. The Kier molecular flexibility index (Phi) is 5.20. The number of methoxy groups -OCH3 is 1. The largest absolute Gasteiger partial charge is 0.373 e. The molecule has 0 spiro atoms. The molecule has 0 amide bonds. The maximum atomic E-state index is 12.2. The van der Waals surface area contributed by atoms with Crippen LogP contribution in [0.1, 0.15) is 26.3 Å². The molecule has 0 aromatic heterocycles. The highest BCUT2D eigenvalue weighted by atomic mass is 35.5. The van der Waals surface area contributed by atoms with E-state index in [1.54, 1.807) is 25.3 Å². The van der Waals surface area contributed by atoms with Crippen molar-refractivity contribution in [1.29, 1.82) is 0 Å². The number of Topliss-reactive ketones (excluding diaryl/α,β-unsaturated/α-hetero) is 1. The van der Waals surface area contributed by atoms with E-state index in [4.69, 9.17) is 27.9 Å². The van der Waals surface area contributed by atoms with Crippen LogP contribution >= 0.6 is 23.2 Å². The molecular weight excluding hydrogens is 271 g/mol. The Bertz CT molecular complexity index is 436. The molecule has 0 saturated carbocycles. The molecule has 1 aromatic carbocycles. The maximum Gasteiger partial charge on any atom is 0.166 e. The van der Waals surface area contributed by atoms with Gasteiger partial charge in [-0.1, -0.05) is 44.0 Å². The van der Waals surface area contributed by atoms with Crippen LogP contribution in [0.4, 0.5) is 0 Å². The summed E-state index contributed by atoms with van der Waals surface area (Å²) in [5.41, 5.74) is 0.497. The fourth-order valence-corrected chi connectivity index (χ4v) is 2.31. The molecule has 1 aromatic rings. The van der Waals surface area contributed by atoms with E-state index in [2.05, 4.69) is 0 Å². The average molecular weight is 289 g/mol. The fourth-order valence-electron chi connectivity index (χ4n) is 1.93. The third kappa shape index (κ3) is 3.98. The molecule has 0 aliphatic carbocycles. The first-order valence-electron chi connectivity index (χ1n) is 5.75. The molecule has 0 fully saturated rings. The maximum absolute atomic E-state index is 12.2. The van der Waals surface area contributed by atoms with Gasteiger partial charge in [0.05, 0.1) is 0 Å². The molecule has 0 saturated heterocycles. The number of halogens is 2. The Balaban J connectivity index is 2.90. The summed E-state index contributed by atoms with van der Waals surface area (Å²) < 4.78 is 5.29. The predicted octanol–water partition coefficient (Wildman–Crippen LogP) is 4.17. The molecule has 100 valence electrons. The van der Waals surface area contributed by atoms with Crippen molar-refractivity contribution >= 4 is 29.0 Å². The van der Waals surface area contributed by atoms with Crippen molar-refractivity contribution < 1.29 is 9.53 Å². The van der Waals surface area contributed by atoms with Crippen LogP contribution in [0.25, 0.3) is 0 Å². The van der Waals surface area contributed by atoms with Crippen LogP contribution in [0.2, 0.25) is 10.0 Å². The van der Waals surface area contributed by atoms with E-state index < -0.39 is 6.10 Å². The highest BCUT2D eigenvalue weighted by Gasteiger charge is 2.31. The van der Waals surface area contributed by atoms with Crippen molar-refractivity contribution in [3.8, 4) is 0 Å². The number of ketones is 1. The van der Waals surface area contributed by atoms with Gasteiger partial charge in [0, 0.05) is 23.6 Å². The topological polar surface area (TPSA) is 26.3 Å². The molecule has 0 radical (unpaired) electrons. The normalized spacial score (nSPS) is 13.4. The number of hydrogen-bond acceptors (Lipinski definition) is 2. The van der Waals surface area contributed by atoms with E-state index in [-0.39, 0.29) is 17.6 Å². The zero-order chi connectivity index (χ0) is 13.9. The summed E-state index contributed by atoms with van der Waals surface area (Å²) in [7, 11) is 1.55. The van der Waals surface area contributed by atoms with Crippen LogP contribution in [-0.4, -0.2) is 19.0 Å². The first kappa shape index (κ1) is 15.5. The van der Waals surface area contributed by atoms with Crippen molar-refractivity contribution in [2.24, 2.45) is 5.41 Å². The number of hydrogen-bond donors (Lipinski definition) is 0. The van der Waals surface area contributed by atoms with Crippen LogP contribution in [0, 0.1) is 5.41 Å². The molecule has 1 rings (SSSR count). The van der Waals surface area contributed by atoms with Crippen LogP contribution in [0.3, 0.4) is 0 Å². The zero-order valence-electron chi connectivity index (χ0n) is 11.1. The average Bonchev–Trinajstić information content (AvgIpc) is 2.22. The highest BCUT2D eigenvalue weighted by Crippen LogP contribution is 2.26. The van der Waals surface area contributed by atoms with Gasteiger partial charge in [-0.25, -0.2) is 0 Å². The Morgan fingerprint density at radius 2 is 1.94 bits per heavy atom. The fraction of sp³-hybridized carbons (Fsp3) is 0.500. The van der Waals surface area contributed by atoms with Gasteiger partial charge < -0.3 is 4.74 Å². The lowest BCUT2D eigenvalue weighted by Gasteiger charge is -2.28. The van der Waals surface area contributed by atoms with Crippen LogP contribution in [0.15, 0.2) is 18.2 Å². The summed E-state index contributed by atoms with van der Waals surface area (Å²) >= 11 is 12.0. The minimum atomic E-state index is -0.451. The first-order chi connectivity index (χ1) is 8.25. The van der Waals surface area contributed by atoms with Gasteiger partial charge in [0.2, 0.25) is 0 Å². The zero-order valence-corrected chi connectivity index (χ0v) is 12.6. The SMILES string of the molecule is COC(C(=O)Cc1cc(Cl)ccc1Cl)C(C)(C)C. The molecule has 18 heavy (non-hydrogen) atoms. The quantitative estimate of drug-likeness (QED) is 0.831. The molecule has 0 aliphatic rings. The first-order valence-corrected chi connectivity index (χ1v) is 6.50. The van der Waals surface area contributed by atoms with E-state index in [1.165, 1.54) is 0 Å².